The van der Waals surface area contributed by atoms with E-state index in [0.717, 1.165) is 12.0 Å². The van der Waals surface area contributed by atoms with Crippen LogP contribution in [0.4, 0.5) is 0 Å². The molecule has 0 saturated carbocycles. The van der Waals surface area contributed by atoms with Crippen molar-refractivity contribution in [3.63, 3.8) is 0 Å². The largest absolute Gasteiger partial charge is 0.508 e. The molecule has 1 radical (unpaired) electrons. The van der Waals surface area contributed by atoms with Crippen LogP contribution in [0.3, 0.4) is 0 Å². The summed E-state index contributed by atoms with van der Waals surface area (Å²) in [5, 5.41) is 9.64. The Morgan fingerprint density at radius 2 is 1.85 bits per heavy atom. The third-order valence-electron chi connectivity index (χ3n) is 3.49. The molecule has 1 N–H and O–H groups in total. The number of aryl methyl sites for hydroxylation is 1. The Morgan fingerprint density at radius 1 is 1.15 bits per heavy atom. The van der Waals surface area contributed by atoms with Crippen molar-refractivity contribution in [2.24, 2.45) is 0 Å². The Kier molecular flexibility index (Phi) is 4.62. The van der Waals surface area contributed by atoms with E-state index in [0.29, 0.717) is 17.4 Å². The van der Waals surface area contributed by atoms with Gasteiger partial charge in [-0.1, -0.05) is 48.9 Å². The molecule has 0 aliphatic carbocycles. The van der Waals surface area contributed by atoms with Crippen LogP contribution in [-0.2, 0) is 12.7 Å². The molecule has 0 aliphatic rings. The maximum atomic E-state index is 12.2. The molecule has 2 rings (SSSR count). The lowest BCUT2D eigenvalue weighted by atomic mass is 9.65. The minimum absolute atomic E-state index is 0.0414. The summed E-state index contributed by atoms with van der Waals surface area (Å²) in [6.07, 6.45) is 1.61. The Hall–Kier alpha value is -2.03. The number of carbonyl (C=O) groups is 1. The molecule has 0 spiro atoms. The van der Waals surface area contributed by atoms with E-state index >= 15 is 0 Å². The molecule has 101 valence electrons. The molecule has 20 heavy (non-hydrogen) atoms. The first-order chi connectivity index (χ1) is 9.61. The van der Waals surface area contributed by atoms with Crippen molar-refractivity contribution in [3.8, 4) is 5.75 Å². The number of rotatable bonds is 5. The summed E-state index contributed by atoms with van der Waals surface area (Å²) in [4.78, 5) is 12.2. The van der Waals surface area contributed by atoms with Crippen LogP contribution in [0.25, 0.3) is 0 Å². The SMILES string of the molecule is CCc1cccc(C[B]C(=O)c2cccc(O)c2C)c1. The standard InChI is InChI=1S/C17H18BO2/c1-3-13-6-4-7-14(10-13)11-18-17(20)15-8-5-9-16(19)12(15)2/h4-10,19H,3,11H2,1-2H3. The van der Waals surface area contributed by atoms with Crippen molar-refractivity contribution >= 4 is 13.0 Å². The van der Waals surface area contributed by atoms with Gasteiger partial charge in [0.2, 0.25) is 7.28 Å². The molecule has 0 atom stereocenters. The van der Waals surface area contributed by atoms with E-state index < -0.39 is 0 Å². The second kappa shape index (κ2) is 6.42. The van der Waals surface area contributed by atoms with E-state index in [1.807, 2.05) is 12.1 Å². The monoisotopic (exact) mass is 265 g/mol. The molecule has 0 saturated heterocycles. The molecule has 2 aromatic carbocycles. The molecule has 0 bridgehead atoms. The number of aromatic hydroxyl groups is 1. The summed E-state index contributed by atoms with van der Waals surface area (Å²) >= 11 is 0. The van der Waals surface area contributed by atoms with E-state index in [-0.39, 0.29) is 11.4 Å². The highest BCUT2D eigenvalue weighted by Gasteiger charge is 2.12. The number of phenolic OH excluding ortho intramolecular Hbond substituents is 1. The molecule has 0 heterocycles. The Balaban J connectivity index is 2.06. The third kappa shape index (κ3) is 3.29. The molecular formula is C17H18BO2. The number of hydrogen-bond acceptors (Lipinski definition) is 2. The number of hydrogen-bond donors (Lipinski definition) is 1. The maximum Gasteiger partial charge on any atom is 0.213 e. The first kappa shape index (κ1) is 14.4. The van der Waals surface area contributed by atoms with Gasteiger partial charge in [0.25, 0.3) is 0 Å². The van der Waals surface area contributed by atoms with Gasteiger partial charge in [-0.15, -0.1) is 0 Å². The summed E-state index contributed by atoms with van der Waals surface area (Å²) in [5.74, 6) is 0.164. The lowest BCUT2D eigenvalue weighted by molar-refractivity contribution is 0.107. The highest BCUT2D eigenvalue weighted by atomic mass is 16.3. The average Bonchev–Trinajstić information content (AvgIpc) is 2.48. The quantitative estimate of drug-likeness (QED) is 0.842. The average molecular weight is 265 g/mol. The van der Waals surface area contributed by atoms with Gasteiger partial charge in [0.15, 0.2) is 0 Å². The van der Waals surface area contributed by atoms with Gasteiger partial charge in [-0.05, 0) is 31.3 Å². The maximum absolute atomic E-state index is 12.2. The first-order valence-electron chi connectivity index (χ1n) is 6.85. The Labute approximate surface area is 120 Å². The van der Waals surface area contributed by atoms with Crippen LogP contribution in [-0.4, -0.2) is 18.1 Å². The van der Waals surface area contributed by atoms with Crippen LogP contribution >= 0.6 is 0 Å². The van der Waals surface area contributed by atoms with Crippen molar-refractivity contribution in [3.05, 3.63) is 64.7 Å². The van der Waals surface area contributed by atoms with Crippen LogP contribution in [0.2, 0.25) is 0 Å². The van der Waals surface area contributed by atoms with Crippen molar-refractivity contribution in [2.75, 3.05) is 0 Å². The second-order valence-electron chi connectivity index (χ2n) is 4.90. The topological polar surface area (TPSA) is 37.3 Å². The third-order valence-corrected chi connectivity index (χ3v) is 3.49. The highest BCUT2D eigenvalue weighted by molar-refractivity contribution is 6.77. The molecule has 0 aliphatic heterocycles. The summed E-state index contributed by atoms with van der Waals surface area (Å²) in [7, 11) is 1.68. The number of phenols is 1. The number of carbonyl (C=O) groups excluding carboxylic acids is 1. The van der Waals surface area contributed by atoms with E-state index in [2.05, 4.69) is 19.1 Å². The lowest BCUT2D eigenvalue weighted by Gasteiger charge is -2.07. The van der Waals surface area contributed by atoms with Gasteiger partial charge in [0, 0.05) is 11.1 Å². The van der Waals surface area contributed by atoms with E-state index in [1.165, 1.54) is 5.56 Å². The smallest absolute Gasteiger partial charge is 0.213 e. The molecule has 2 nitrogen and oxygen atoms in total. The normalized spacial score (nSPS) is 10.3. The second-order valence-corrected chi connectivity index (χ2v) is 4.90. The fourth-order valence-corrected chi connectivity index (χ4v) is 2.19. The van der Waals surface area contributed by atoms with Crippen molar-refractivity contribution in [1.29, 1.82) is 0 Å². The summed E-state index contributed by atoms with van der Waals surface area (Å²) in [6, 6.07) is 13.3. The molecular weight excluding hydrogens is 247 g/mol. The zero-order valence-corrected chi connectivity index (χ0v) is 11.9. The fourth-order valence-electron chi connectivity index (χ4n) is 2.19. The molecule has 0 fully saturated rings. The van der Waals surface area contributed by atoms with Gasteiger partial charge in [-0.2, -0.15) is 0 Å². The Bertz CT molecular complexity index is 620. The molecule has 2 aromatic rings. The van der Waals surface area contributed by atoms with E-state index in [9.17, 15) is 9.90 Å². The van der Waals surface area contributed by atoms with Gasteiger partial charge in [0.05, 0.1) is 0 Å². The molecule has 0 amide bonds. The van der Waals surface area contributed by atoms with Crippen molar-refractivity contribution < 1.29 is 9.90 Å². The summed E-state index contributed by atoms with van der Waals surface area (Å²) < 4.78 is 0. The number of benzene rings is 2. The van der Waals surface area contributed by atoms with Crippen LogP contribution in [0.1, 0.15) is 34.0 Å². The van der Waals surface area contributed by atoms with Gasteiger partial charge in [-0.3, -0.25) is 0 Å². The van der Waals surface area contributed by atoms with Gasteiger partial charge in [-0.25, -0.2) is 0 Å². The lowest BCUT2D eigenvalue weighted by Crippen LogP contribution is -2.14. The van der Waals surface area contributed by atoms with Crippen LogP contribution in [0.15, 0.2) is 42.5 Å². The van der Waals surface area contributed by atoms with Crippen LogP contribution in [0, 0.1) is 6.92 Å². The zero-order valence-electron chi connectivity index (χ0n) is 11.9. The van der Waals surface area contributed by atoms with Gasteiger partial charge < -0.3 is 9.90 Å². The predicted octanol–water partition coefficient (Wildman–Crippen LogP) is 3.31. The molecule has 0 unspecified atom stereocenters. The minimum atomic E-state index is -0.0414. The van der Waals surface area contributed by atoms with Crippen LogP contribution < -0.4 is 0 Å². The Morgan fingerprint density at radius 3 is 2.60 bits per heavy atom. The summed E-state index contributed by atoms with van der Waals surface area (Å²) in [5.41, 5.74) is 3.57. The summed E-state index contributed by atoms with van der Waals surface area (Å²) in [6.45, 7) is 3.87. The predicted molar refractivity (Wildman–Crippen MR) is 82.5 cm³/mol. The van der Waals surface area contributed by atoms with E-state index in [4.69, 9.17) is 0 Å². The first-order valence-corrected chi connectivity index (χ1v) is 6.85. The van der Waals surface area contributed by atoms with Crippen molar-refractivity contribution in [1.82, 2.24) is 0 Å². The molecule has 0 aromatic heterocycles. The van der Waals surface area contributed by atoms with Gasteiger partial charge >= 0.3 is 0 Å². The molecule has 3 heteroatoms. The van der Waals surface area contributed by atoms with Crippen LogP contribution in [0.5, 0.6) is 5.75 Å². The van der Waals surface area contributed by atoms with E-state index in [1.54, 1.807) is 32.4 Å². The van der Waals surface area contributed by atoms with Crippen molar-refractivity contribution in [2.45, 2.75) is 26.6 Å². The van der Waals surface area contributed by atoms with Gasteiger partial charge in [0.1, 0.15) is 11.4 Å². The highest BCUT2D eigenvalue weighted by Crippen LogP contribution is 2.19. The fraction of sp³-hybridized carbons (Fsp3) is 0.235. The minimum Gasteiger partial charge on any atom is -0.508 e. The zero-order chi connectivity index (χ0) is 14.5.